The van der Waals surface area contributed by atoms with Crippen LogP contribution < -0.4 is 10.6 Å². The summed E-state index contributed by atoms with van der Waals surface area (Å²) in [5, 5.41) is 5.13. The molecule has 0 saturated carbocycles. The molecule has 0 fully saturated rings. The normalized spacial score (nSPS) is 10.1. The van der Waals surface area contributed by atoms with Gasteiger partial charge in [-0.15, -0.1) is 11.8 Å². The zero-order chi connectivity index (χ0) is 19.5. The second-order valence-electron chi connectivity index (χ2n) is 5.72. The van der Waals surface area contributed by atoms with E-state index in [1.807, 2.05) is 31.2 Å². The molecular formula is C20H22N2O4S. The number of benzene rings is 2. The molecule has 2 amide bonds. The molecule has 2 N–H and O–H groups in total. The largest absolute Gasteiger partial charge is 0.454 e. The van der Waals surface area contributed by atoms with Gasteiger partial charge >= 0.3 is 5.97 Å². The highest BCUT2D eigenvalue weighted by molar-refractivity contribution is 7.99. The number of ether oxygens (including phenoxy) is 1. The monoisotopic (exact) mass is 386 g/mol. The molecule has 0 heterocycles. The van der Waals surface area contributed by atoms with Crippen LogP contribution in [0, 0.1) is 6.92 Å². The van der Waals surface area contributed by atoms with Crippen LogP contribution in [0.5, 0.6) is 0 Å². The van der Waals surface area contributed by atoms with Gasteiger partial charge in [0.25, 0.3) is 11.8 Å². The second-order valence-corrected chi connectivity index (χ2v) is 6.89. The molecule has 2 rings (SSSR count). The van der Waals surface area contributed by atoms with E-state index >= 15 is 0 Å². The van der Waals surface area contributed by atoms with Crippen molar-refractivity contribution in [3.63, 3.8) is 0 Å². The summed E-state index contributed by atoms with van der Waals surface area (Å²) in [7, 11) is 0. The molecule has 2 aromatic carbocycles. The van der Waals surface area contributed by atoms with Crippen LogP contribution >= 0.6 is 11.8 Å². The van der Waals surface area contributed by atoms with Crippen LogP contribution in [0.1, 0.15) is 15.9 Å². The van der Waals surface area contributed by atoms with E-state index in [-0.39, 0.29) is 25.0 Å². The van der Waals surface area contributed by atoms with Gasteiger partial charge in [0.1, 0.15) is 6.54 Å². The summed E-state index contributed by atoms with van der Waals surface area (Å²) >= 11 is 1.63. The molecule has 0 saturated heterocycles. The van der Waals surface area contributed by atoms with Crippen LogP contribution in [0.3, 0.4) is 0 Å². The maximum absolute atomic E-state index is 11.8. The van der Waals surface area contributed by atoms with Crippen molar-refractivity contribution in [3.05, 3.63) is 65.7 Å². The van der Waals surface area contributed by atoms with E-state index in [1.54, 1.807) is 42.1 Å². The van der Waals surface area contributed by atoms with E-state index < -0.39 is 5.97 Å². The first-order valence-electron chi connectivity index (χ1n) is 8.49. The van der Waals surface area contributed by atoms with Gasteiger partial charge < -0.3 is 15.4 Å². The SMILES string of the molecule is Cc1ccc(SCCNC(=O)COC(=O)CNC(=O)c2ccccc2)cc1. The Morgan fingerprint density at radius 1 is 0.963 bits per heavy atom. The molecule has 7 heteroatoms. The van der Waals surface area contributed by atoms with Crippen molar-refractivity contribution < 1.29 is 19.1 Å². The van der Waals surface area contributed by atoms with E-state index in [0.717, 1.165) is 10.6 Å². The van der Waals surface area contributed by atoms with Crippen molar-refractivity contribution in [1.82, 2.24) is 10.6 Å². The number of nitrogens with one attached hydrogen (secondary N) is 2. The Balaban J connectivity index is 1.56. The van der Waals surface area contributed by atoms with E-state index in [2.05, 4.69) is 10.6 Å². The number of hydrogen-bond acceptors (Lipinski definition) is 5. The third kappa shape index (κ3) is 7.96. The van der Waals surface area contributed by atoms with Gasteiger partial charge in [0.15, 0.2) is 6.61 Å². The van der Waals surface area contributed by atoms with Crippen molar-refractivity contribution in [2.45, 2.75) is 11.8 Å². The van der Waals surface area contributed by atoms with Gasteiger partial charge in [-0.3, -0.25) is 14.4 Å². The predicted octanol–water partition coefficient (Wildman–Crippen LogP) is 2.18. The van der Waals surface area contributed by atoms with Gasteiger partial charge in [0.2, 0.25) is 0 Å². The number of aryl methyl sites for hydroxylation is 1. The Labute approximate surface area is 162 Å². The fraction of sp³-hybridized carbons (Fsp3) is 0.250. The summed E-state index contributed by atoms with van der Waals surface area (Å²) < 4.78 is 4.85. The molecule has 0 aromatic heterocycles. The molecule has 0 unspecified atom stereocenters. The van der Waals surface area contributed by atoms with Gasteiger partial charge in [0.05, 0.1) is 0 Å². The zero-order valence-electron chi connectivity index (χ0n) is 15.1. The first kappa shape index (κ1) is 20.5. The Morgan fingerprint density at radius 2 is 1.67 bits per heavy atom. The summed E-state index contributed by atoms with van der Waals surface area (Å²) in [4.78, 5) is 36.2. The molecule has 0 aliphatic heterocycles. The molecule has 0 bridgehead atoms. The van der Waals surface area contributed by atoms with Crippen LogP contribution in [0.25, 0.3) is 0 Å². The van der Waals surface area contributed by atoms with Crippen molar-refractivity contribution in [2.24, 2.45) is 0 Å². The minimum Gasteiger partial charge on any atom is -0.454 e. The van der Waals surface area contributed by atoms with Crippen LogP contribution in [0.15, 0.2) is 59.5 Å². The fourth-order valence-corrected chi connectivity index (χ4v) is 2.85. The minimum absolute atomic E-state index is 0.287. The number of esters is 1. The lowest BCUT2D eigenvalue weighted by Gasteiger charge is -2.08. The lowest BCUT2D eigenvalue weighted by atomic mass is 10.2. The second kappa shape index (κ2) is 11.0. The number of amides is 2. The van der Waals surface area contributed by atoms with E-state index in [9.17, 15) is 14.4 Å². The van der Waals surface area contributed by atoms with E-state index in [1.165, 1.54) is 5.56 Å². The molecule has 27 heavy (non-hydrogen) atoms. The first-order valence-corrected chi connectivity index (χ1v) is 9.48. The number of carbonyl (C=O) groups is 3. The average molecular weight is 386 g/mol. The maximum atomic E-state index is 11.8. The minimum atomic E-state index is -0.663. The summed E-state index contributed by atoms with van der Waals surface area (Å²) in [5.41, 5.74) is 1.66. The molecule has 2 aromatic rings. The number of rotatable bonds is 9. The molecule has 142 valence electrons. The Kier molecular flexibility index (Phi) is 8.38. The third-order valence-corrected chi connectivity index (χ3v) is 4.52. The molecule has 0 radical (unpaired) electrons. The molecule has 0 atom stereocenters. The topological polar surface area (TPSA) is 84.5 Å². The third-order valence-electron chi connectivity index (χ3n) is 3.51. The van der Waals surface area contributed by atoms with Gasteiger partial charge in [-0.1, -0.05) is 35.9 Å². The number of hydrogen-bond donors (Lipinski definition) is 2. The van der Waals surface area contributed by atoms with Gasteiger partial charge in [0, 0.05) is 22.8 Å². The zero-order valence-corrected chi connectivity index (χ0v) is 15.9. The standard InChI is InChI=1S/C20H22N2O4S/c1-15-7-9-17(10-8-15)27-12-11-21-18(23)14-26-19(24)13-22-20(25)16-5-3-2-4-6-16/h2-10H,11-14H2,1H3,(H,21,23)(H,22,25). The van der Waals surface area contributed by atoms with Crippen molar-refractivity contribution in [1.29, 1.82) is 0 Å². The lowest BCUT2D eigenvalue weighted by molar-refractivity contribution is -0.147. The highest BCUT2D eigenvalue weighted by Crippen LogP contribution is 2.17. The van der Waals surface area contributed by atoms with Crippen LogP contribution in [-0.2, 0) is 14.3 Å². The smallest absolute Gasteiger partial charge is 0.325 e. The van der Waals surface area contributed by atoms with Gasteiger partial charge in [-0.2, -0.15) is 0 Å². The molecule has 6 nitrogen and oxygen atoms in total. The fourth-order valence-electron chi connectivity index (χ4n) is 2.09. The number of carbonyl (C=O) groups excluding carboxylic acids is 3. The summed E-state index contributed by atoms with van der Waals surface area (Å²) in [6.07, 6.45) is 0. The van der Waals surface area contributed by atoms with Crippen molar-refractivity contribution in [3.8, 4) is 0 Å². The predicted molar refractivity (Wildman–Crippen MR) is 105 cm³/mol. The van der Waals surface area contributed by atoms with Crippen molar-refractivity contribution >= 4 is 29.5 Å². The van der Waals surface area contributed by atoms with Gasteiger partial charge in [-0.05, 0) is 31.2 Å². The molecule has 0 aliphatic carbocycles. The highest BCUT2D eigenvalue weighted by Gasteiger charge is 2.10. The first-order chi connectivity index (χ1) is 13.0. The summed E-state index contributed by atoms with van der Waals surface area (Å²) in [6, 6.07) is 16.7. The van der Waals surface area contributed by atoms with Crippen molar-refractivity contribution in [2.75, 3.05) is 25.4 Å². The molecule has 0 spiro atoms. The Morgan fingerprint density at radius 3 is 2.37 bits per heavy atom. The quantitative estimate of drug-likeness (QED) is 0.392. The Bertz CT molecular complexity index is 763. The van der Waals surface area contributed by atoms with Crippen LogP contribution in [-0.4, -0.2) is 43.2 Å². The summed E-state index contributed by atoms with van der Waals surface area (Å²) in [5.74, 6) is -0.688. The average Bonchev–Trinajstić information content (AvgIpc) is 2.69. The van der Waals surface area contributed by atoms with Gasteiger partial charge in [-0.25, -0.2) is 0 Å². The van der Waals surface area contributed by atoms with Crippen LogP contribution in [0.2, 0.25) is 0 Å². The summed E-state index contributed by atoms with van der Waals surface area (Å²) in [6.45, 7) is 1.85. The number of thioether (sulfide) groups is 1. The molecule has 0 aliphatic rings. The lowest BCUT2D eigenvalue weighted by Crippen LogP contribution is -2.34. The molecular weight excluding hydrogens is 364 g/mol. The Hall–Kier alpha value is -2.80. The van der Waals surface area contributed by atoms with E-state index in [0.29, 0.717) is 12.1 Å². The van der Waals surface area contributed by atoms with Crippen LogP contribution in [0.4, 0.5) is 0 Å². The van der Waals surface area contributed by atoms with E-state index in [4.69, 9.17) is 4.74 Å². The highest BCUT2D eigenvalue weighted by atomic mass is 32.2. The maximum Gasteiger partial charge on any atom is 0.325 e.